The normalized spacial score (nSPS) is 24.7. The molecule has 0 aromatic rings. The molecule has 0 amide bonds. The van der Waals surface area contributed by atoms with Crippen LogP contribution in [0.15, 0.2) is 0 Å². The Bertz CT molecular complexity index is 129. The van der Waals surface area contributed by atoms with Crippen LogP contribution >= 0.6 is 0 Å². The van der Waals surface area contributed by atoms with Gasteiger partial charge < -0.3 is 5.32 Å². The average Bonchev–Trinajstić information content (AvgIpc) is 2.08. The topological polar surface area (TPSA) is 15.3 Å². The maximum absolute atomic E-state index is 4.00. The zero-order valence-corrected chi connectivity index (χ0v) is 8.38. The monoisotopic (exact) mass is 168 g/mol. The maximum Gasteiger partial charge on any atom is 0.0195 e. The number of rotatable bonds is 1. The Morgan fingerprint density at radius 2 is 2.00 bits per heavy atom. The van der Waals surface area contributed by atoms with Gasteiger partial charge in [-0.3, -0.25) is 4.90 Å². The van der Waals surface area contributed by atoms with Crippen LogP contribution in [0.2, 0.25) is 0 Å². The number of terminal acetylenes is 1. The van der Waals surface area contributed by atoms with E-state index < -0.39 is 0 Å². The third-order valence-corrected chi connectivity index (χ3v) is 2.22. The van der Waals surface area contributed by atoms with Crippen molar-refractivity contribution in [3.8, 4) is 12.8 Å². The lowest BCUT2D eigenvalue weighted by Crippen LogP contribution is -2.52. The third-order valence-electron chi connectivity index (χ3n) is 2.22. The van der Waals surface area contributed by atoms with E-state index >= 15 is 0 Å². The minimum atomic E-state index is 0.706. The molecule has 2 heteroatoms. The van der Waals surface area contributed by atoms with Gasteiger partial charge in [0.2, 0.25) is 0 Å². The second-order valence-corrected chi connectivity index (χ2v) is 3.38. The molecular formula is C10H20N2. The molecule has 1 aliphatic heterocycles. The molecule has 0 saturated carbocycles. The molecule has 0 unspecified atom stereocenters. The lowest BCUT2D eigenvalue weighted by Gasteiger charge is -2.36. The van der Waals surface area contributed by atoms with Crippen molar-refractivity contribution >= 4 is 0 Å². The van der Waals surface area contributed by atoms with Crippen molar-refractivity contribution in [2.75, 3.05) is 19.6 Å². The van der Waals surface area contributed by atoms with E-state index in [0.717, 1.165) is 13.1 Å². The van der Waals surface area contributed by atoms with E-state index in [1.807, 2.05) is 0 Å². The molecule has 0 aliphatic carbocycles. The van der Waals surface area contributed by atoms with Crippen LogP contribution in [0.1, 0.15) is 20.8 Å². The van der Waals surface area contributed by atoms with Crippen molar-refractivity contribution in [1.82, 2.24) is 10.2 Å². The van der Waals surface area contributed by atoms with Gasteiger partial charge in [-0.2, -0.15) is 0 Å². The summed E-state index contributed by atoms with van der Waals surface area (Å²) >= 11 is 0. The van der Waals surface area contributed by atoms with E-state index in [0.29, 0.717) is 12.1 Å². The van der Waals surface area contributed by atoms with Crippen molar-refractivity contribution in [3.05, 3.63) is 0 Å². The number of piperazine rings is 1. The molecule has 0 aromatic heterocycles. The Kier molecular flexibility index (Phi) is 5.79. The number of nitrogens with one attached hydrogen (secondary N) is 1. The van der Waals surface area contributed by atoms with Crippen molar-refractivity contribution in [3.63, 3.8) is 0 Å². The van der Waals surface area contributed by atoms with E-state index in [1.54, 1.807) is 0 Å². The van der Waals surface area contributed by atoms with Gasteiger partial charge in [-0.05, 0) is 20.8 Å². The van der Waals surface area contributed by atoms with E-state index in [2.05, 4.69) is 43.8 Å². The third kappa shape index (κ3) is 3.25. The quantitative estimate of drug-likeness (QED) is 0.586. The zero-order chi connectivity index (χ0) is 9.56. The van der Waals surface area contributed by atoms with Gasteiger partial charge in [0.15, 0.2) is 0 Å². The van der Waals surface area contributed by atoms with E-state index in [-0.39, 0.29) is 0 Å². The standard InChI is InChI=1S/C8H18N2.C2H2/c1-7(2)10-5-4-9-6-8(10)3;1-2/h7-9H,4-6H2,1-3H3;1-2H/t8-;/m1./s1. The first kappa shape index (κ1) is 11.5. The molecular weight excluding hydrogens is 148 g/mol. The predicted molar refractivity (Wildman–Crippen MR) is 54.1 cm³/mol. The summed E-state index contributed by atoms with van der Waals surface area (Å²) in [5.74, 6) is 0. The second-order valence-electron chi connectivity index (χ2n) is 3.38. The van der Waals surface area contributed by atoms with Gasteiger partial charge in [-0.25, -0.2) is 0 Å². The molecule has 1 aliphatic rings. The van der Waals surface area contributed by atoms with Crippen LogP contribution in [0.4, 0.5) is 0 Å². The van der Waals surface area contributed by atoms with E-state index in [9.17, 15) is 0 Å². The maximum atomic E-state index is 4.00. The van der Waals surface area contributed by atoms with Crippen LogP contribution in [0.5, 0.6) is 0 Å². The fourth-order valence-corrected chi connectivity index (χ4v) is 1.62. The van der Waals surface area contributed by atoms with Crippen LogP contribution < -0.4 is 5.32 Å². The molecule has 1 heterocycles. The Balaban J connectivity index is 0.000000561. The van der Waals surface area contributed by atoms with E-state index in [4.69, 9.17) is 0 Å². The van der Waals surface area contributed by atoms with Crippen LogP contribution in [0, 0.1) is 12.8 Å². The van der Waals surface area contributed by atoms with Gasteiger partial charge in [-0.1, -0.05) is 0 Å². The van der Waals surface area contributed by atoms with E-state index in [1.165, 1.54) is 6.54 Å². The van der Waals surface area contributed by atoms with Crippen LogP contribution in [0.25, 0.3) is 0 Å². The highest BCUT2D eigenvalue weighted by Gasteiger charge is 2.19. The molecule has 1 atom stereocenters. The van der Waals surface area contributed by atoms with Gasteiger partial charge in [-0.15, -0.1) is 12.8 Å². The fourth-order valence-electron chi connectivity index (χ4n) is 1.62. The number of nitrogens with zero attached hydrogens (tertiary/aromatic N) is 1. The first-order valence-corrected chi connectivity index (χ1v) is 4.51. The van der Waals surface area contributed by atoms with Crippen LogP contribution in [0.3, 0.4) is 0 Å². The zero-order valence-electron chi connectivity index (χ0n) is 8.38. The van der Waals surface area contributed by atoms with Gasteiger partial charge in [0, 0.05) is 31.7 Å². The highest BCUT2D eigenvalue weighted by molar-refractivity contribution is 4.77. The highest BCUT2D eigenvalue weighted by Crippen LogP contribution is 2.06. The SMILES string of the molecule is C#C.CC(C)N1CCNC[C@H]1C. The summed E-state index contributed by atoms with van der Waals surface area (Å²) < 4.78 is 0. The summed E-state index contributed by atoms with van der Waals surface area (Å²) in [5, 5.41) is 3.38. The first-order valence-electron chi connectivity index (χ1n) is 4.51. The lowest BCUT2D eigenvalue weighted by molar-refractivity contribution is 0.135. The summed E-state index contributed by atoms with van der Waals surface area (Å²) in [6, 6.07) is 1.42. The summed E-state index contributed by atoms with van der Waals surface area (Å²) in [4.78, 5) is 2.54. The molecule has 1 saturated heterocycles. The minimum Gasteiger partial charge on any atom is -0.314 e. The van der Waals surface area contributed by atoms with Gasteiger partial charge in [0.05, 0.1) is 0 Å². The Morgan fingerprint density at radius 1 is 1.42 bits per heavy atom. The summed E-state index contributed by atoms with van der Waals surface area (Å²) in [6.07, 6.45) is 8.00. The Labute approximate surface area is 76.3 Å². The van der Waals surface area contributed by atoms with Gasteiger partial charge >= 0.3 is 0 Å². The number of hydrogen-bond donors (Lipinski definition) is 1. The Hall–Kier alpha value is -0.520. The van der Waals surface area contributed by atoms with Gasteiger partial charge in [0.25, 0.3) is 0 Å². The van der Waals surface area contributed by atoms with Gasteiger partial charge in [0.1, 0.15) is 0 Å². The molecule has 1 fully saturated rings. The minimum absolute atomic E-state index is 0.706. The summed E-state index contributed by atoms with van der Waals surface area (Å²) in [5.41, 5.74) is 0. The second kappa shape index (κ2) is 6.05. The molecule has 70 valence electrons. The number of hydrogen-bond acceptors (Lipinski definition) is 2. The smallest absolute Gasteiger partial charge is 0.0195 e. The summed E-state index contributed by atoms with van der Waals surface area (Å²) in [6.45, 7) is 10.3. The summed E-state index contributed by atoms with van der Waals surface area (Å²) in [7, 11) is 0. The van der Waals surface area contributed by atoms with Crippen molar-refractivity contribution < 1.29 is 0 Å². The first-order chi connectivity index (χ1) is 5.72. The van der Waals surface area contributed by atoms with Crippen molar-refractivity contribution in [2.24, 2.45) is 0 Å². The molecule has 0 aromatic carbocycles. The van der Waals surface area contributed by atoms with Crippen LogP contribution in [-0.4, -0.2) is 36.6 Å². The fraction of sp³-hybridized carbons (Fsp3) is 0.800. The lowest BCUT2D eigenvalue weighted by atomic mass is 10.2. The van der Waals surface area contributed by atoms with Crippen molar-refractivity contribution in [1.29, 1.82) is 0 Å². The largest absolute Gasteiger partial charge is 0.314 e. The molecule has 0 radical (unpaired) electrons. The van der Waals surface area contributed by atoms with Crippen LogP contribution in [-0.2, 0) is 0 Å². The highest BCUT2D eigenvalue weighted by atomic mass is 15.2. The molecule has 12 heavy (non-hydrogen) atoms. The Morgan fingerprint density at radius 3 is 2.33 bits per heavy atom. The average molecular weight is 168 g/mol. The molecule has 1 N–H and O–H groups in total. The molecule has 1 rings (SSSR count). The molecule has 0 spiro atoms. The van der Waals surface area contributed by atoms with Crippen molar-refractivity contribution in [2.45, 2.75) is 32.9 Å². The molecule has 2 nitrogen and oxygen atoms in total. The predicted octanol–water partition coefficient (Wildman–Crippen LogP) is 0.938. The molecule has 0 bridgehead atoms.